The molecule has 0 aliphatic carbocycles. The van der Waals surface area contributed by atoms with Crippen molar-refractivity contribution in [3.8, 4) is 11.6 Å². The van der Waals surface area contributed by atoms with Crippen LogP contribution in [0.4, 0.5) is 0 Å². The van der Waals surface area contributed by atoms with Crippen LogP contribution in [0.2, 0.25) is 0 Å². The first-order valence-electron chi connectivity index (χ1n) is 8.10. The molecule has 0 fully saturated rings. The minimum absolute atomic E-state index is 0.937. The van der Waals surface area contributed by atoms with Gasteiger partial charge in [-0.15, -0.1) is 0 Å². The first-order chi connectivity index (χ1) is 8.74. The molecule has 0 unspecified atom stereocenters. The number of hydrogen-bond acceptors (Lipinski definition) is 0. The van der Waals surface area contributed by atoms with Crippen LogP contribution in [-0.4, -0.2) is 18.5 Å². The second-order valence-electron chi connectivity index (χ2n) is 5.42. The lowest BCUT2D eigenvalue weighted by atomic mass is 10.4. The van der Waals surface area contributed by atoms with Crippen LogP contribution >= 0.6 is 7.26 Å². The van der Waals surface area contributed by atoms with Crippen LogP contribution in [-0.2, 0) is 0 Å². The quantitative estimate of drug-likeness (QED) is 0.329. The van der Waals surface area contributed by atoms with Crippen LogP contribution in [0.15, 0.2) is 0 Å². The van der Waals surface area contributed by atoms with Gasteiger partial charge in [0.1, 0.15) is 0 Å². The molecule has 1 heteroatoms. The van der Waals surface area contributed by atoms with E-state index in [1.807, 2.05) is 0 Å². The summed E-state index contributed by atoms with van der Waals surface area (Å²) < 4.78 is 0. The summed E-state index contributed by atoms with van der Waals surface area (Å²) >= 11 is 0. The van der Waals surface area contributed by atoms with Gasteiger partial charge in [0.15, 0.2) is 0 Å². The predicted octanol–water partition coefficient (Wildman–Crippen LogP) is 6.17. The maximum absolute atomic E-state index is 3.80. The molecule has 0 saturated heterocycles. The fraction of sp³-hybridized carbons (Fsp3) is 0.882. The Bertz CT molecular complexity index is 212. The van der Waals surface area contributed by atoms with E-state index in [-0.39, 0.29) is 0 Å². The Balaban J connectivity index is 4.69. The van der Waals surface area contributed by atoms with Crippen molar-refractivity contribution in [2.24, 2.45) is 0 Å². The van der Waals surface area contributed by atoms with Crippen molar-refractivity contribution in [3.05, 3.63) is 0 Å². The summed E-state index contributed by atoms with van der Waals surface area (Å²) in [6, 6.07) is 0. The zero-order chi connectivity index (χ0) is 13.7. The first-order valence-corrected chi connectivity index (χ1v) is 10.4. The Labute approximate surface area is 117 Å². The minimum atomic E-state index is -0.937. The summed E-state index contributed by atoms with van der Waals surface area (Å²) in [7, 11) is -0.937. The van der Waals surface area contributed by atoms with Crippen LogP contribution < -0.4 is 0 Å². The molecule has 18 heavy (non-hydrogen) atoms. The number of rotatable bonds is 10. The highest BCUT2D eigenvalue weighted by Gasteiger charge is 2.33. The van der Waals surface area contributed by atoms with Crippen LogP contribution in [0.1, 0.15) is 79.1 Å². The molecule has 0 aromatic rings. The Morgan fingerprint density at radius 1 is 0.667 bits per heavy atom. The van der Waals surface area contributed by atoms with Crippen molar-refractivity contribution in [2.45, 2.75) is 79.1 Å². The second kappa shape index (κ2) is 12.0. The highest BCUT2D eigenvalue weighted by atomic mass is 31.2. The smallest absolute Gasteiger partial charge is 0.0652 e. The molecule has 0 aliphatic heterocycles. The van der Waals surface area contributed by atoms with E-state index >= 15 is 0 Å². The third kappa shape index (κ3) is 8.16. The lowest BCUT2D eigenvalue weighted by molar-refractivity contribution is 0.841. The number of unbranched alkanes of at least 4 members (excludes halogenated alkanes) is 4. The Morgan fingerprint density at radius 3 is 1.44 bits per heavy atom. The molecule has 0 rings (SSSR count). The van der Waals surface area contributed by atoms with Crippen LogP contribution in [0.3, 0.4) is 0 Å². The molecular weight excluding hydrogens is 235 g/mol. The molecule has 0 aromatic heterocycles. The molecular formula is C17H34P+. The van der Waals surface area contributed by atoms with Crippen molar-refractivity contribution >= 4 is 7.26 Å². The molecule has 0 radical (unpaired) electrons. The first kappa shape index (κ1) is 18.0. The fourth-order valence-corrected chi connectivity index (χ4v) is 6.45. The van der Waals surface area contributed by atoms with Gasteiger partial charge < -0.3 is 0 Å². The SMILES string of the molecule is CCCC#C[P+](CCCC)(CCCC)CCCC. The van der Waals surface area contributed by atoms with E-state index in [0.29, 0.717) is 0 Å². The molecule has 0 bridgehead atoms. The minimum Gasteiger partial charge on any atom is -0.0652 e. The monoisotopic (exact) mass is 269 g/mol. The maximum Gasteiger partial charge on any atom is 0.0920 e. The third-order valence-electron chi connectivity index (χ3n) is 3.51. The van der Waals surface area contributed by atoms with Crippen LogP contribution in [0.5, 0.6) is 0 Å². The average molecular weight is 269 g/mol. The average Bonchev–Trinajstić information content (AvgIpc) is 2.40. The van der Waals surface area contributed by atoms with E-state index in [0.717, 1.165) is 6.42 Å². The molecule has 0 saturated carbocycles. The molecule has 0 heterocycles. The molecule has 0 N–H and O–H groups in total. The summed E-state index contributed by atoms with van der Waals surface area (Å²) in [4.78, 5) is 0. The molecule has 0 aliphatic rings. The summed E-state index contributed by atoms with van der Waals surface area (Å²) in [5.41, 5.74) is 3.80. The van der Waals surface area contributed by atoms with E-state index in [1.165, 1.54) is 63.4 Å². The third-order valence-corrected chi connectivity index (χ3v) is 7.66. The highest BCUT2D eigenvalue weighted by Crippen LogP contribution is 2.59. The van der Waals surface area contributed by atoms with Gasteiger partial charge in [-0.25, -0.2) is 0 Å². The van der Waals surface area contributed by atoms with Gasteiger partial charge >= 0.3 is 0 Å². The van der Waals surface area contributed by atoms with Crippen molar-refractivity contribution in [2.75, 3.05) is 18.5 Å². The molecule has 0 atom stereocenters. The lowest BCUT2D eigenvalue weighted by Crippen LogP contribution is -2.07. The summed E-state index contributed by atoms with van der Waals surface area (Å²) in [5.74, 6) is 3.50. The Morgan fingerprint density at radius 2 is 1.11 bits per heavy atom. The Hall–Kier alpha value is -0.0100. The fourth-order valence-electron chi connectivity index (χ4n) is 2.23. The summed E-state index contributed by atoms with van der Waals surface area (Å²) in [5, 5.41) is 0. The second-order valence-corrected chi connectivity index (χ2v) is 9.27. The predicted molar refractivity (Wildman–Crippen MR) is 88.9 cm³/mol. The van der Waals surface area contributed by atoms with E-state index < -0.39 is 7.26 Å². The molecule has 0 nitrogen and oxygen atoms in total. The summed E-state index contributed by atoms with van der Waals surface area (Å²) in [6.07, 6.45) is 14.8. The normalized spacial score (nSPS) is 11.1. The van der Waals surface area contributed by atoms with Crippen molar-refractivity contribution in [1.29, 1.82) is 0 Å². The van der Waals surface area contributed by atoms with E-state index in [2.05, 4.69) is 39.3 Å². The van der Waals surface area contributed by atoms with Gasteiger partial charge in [-0.05, 0) is 25.7 Å². The van der Waals surface area contributed by atoms with E-state index in [9.17, 15) is 0 Å². The van der Waals surface area contributed by atoms with Gasteiger partial charge in [0.05, 0.1) is 31.4 Å². The van der Waals surface area contributed by atoms with Crippen molar-refractivity contribution in [1.82, 2.24) is 0 Å². The van der Waals surface area contributed by atoms with Gasteiger partial charge in [0.25, 0.3) is 0 Å². The molecule has 106 valence electrons. The van der Waals surface area contributed by atoms with Crippen molar-refractivity contribution < 1.29 is 0 Å². The summed E-state index contributed by atoms with van der Waals surface area (Å²) in [6.45, 7) is 9.17. The van der Waals surface area contributed by atoms with Gasteiger partial charge in [-0.1, -0.05) is 52.9 Å². The zero-order valence-electron chi connectivity index (χ0n) is 13.2. The maximum atomic E-state index is 3.80. The van der Waals surface area contributed by atoms with Crippen LogP contribution in [0.25, 0.3) is 0 Å². The van der Waals surface area contributed by atoms with E-state index in [1.54, 1.807) is 0 Å². The largest absolute Gasteiger partial charge is 0.0920 e. The van der Waals surface area contributed by atoms with Crippen molar-refractivity contribution in [3.63, 3.8) is 0 Å². The molecule has 0 amide bonds. The van der Waals surface area contributed by atoms with Gasteiger partial charge in [-0.3, -0.25) is 0 Å². The molecule has 0 aromatic carbocycles. The number of hydrogen-bond donors (Lipinski definition) is 0. The van der Waals surface area contributed by atoms with Gasteiger partial charge in [0.2, 0.25) is 0 Å². The van der Waals surface area contributed by atoms with Gasteiger partial charge in [-0.2, -0.15) is 0 Å². The van der Waals surface area contributed by atoms with Crippen LogP contribution in [0, 0.1) is 11.6 Å². The highest BCUT2D eigenvalue weighted by molar-refractivity contribution is 7.80. The lowest BCUT2D eigenvalue weighted by Gasteiger charge is -2.21. The Kier molecular flexibility index (Phi) is 12.0. The topological polar surface area (TPSA) is 0 Å². The van der Waals surface area contributed by atoms with E-state index in [4.69, 9.17) is 0 Å². The van der Waals surface area contributed by atoms with Gasteiger partial charge in [0, 0.05) is 6.42 Å². The zero-order valence-corrected chi connectivity index (χ0v) is 14.1. The molecule has 0 spiro atoms. The standard InChI is InChI=1S/C17H34P/c1-5-9-13-17-18(14-10-6-2,15-11-7-3)16-12-8-4/h5-12,14-16H2,1-4H3/q+1.